The number of rotatable bonds is 6. The average Bonchev–Trinajstić information content (AvgIpc) is 2.54. The maximum absolute atomic E-state index is 12.2. The zero-order valence-corrected chi connectivity index (χ0v) is 17.4. The van der Waals surface area contributed by atoms with E-state index in [9.17, 15) is 4.79 Å². The largest absolute Gasteiger partial charge is 0.490 e. The Balaban J connectivity index is 2.05. The van der Waals surface area contributed by atoms with E-state index in [1.54, 1.807) is 0 Å². The quantitative estimate of drug-likeness (QED) is 0.634. The molecule has 0 aliphatic rings. The second-order valence-electron chi connectivity index (χ2n) is 6.92. The van der Waals surface area contributed by atoms with Gasteiger partial charge in [0.2, 0.25) is 0 Å². The molecule has 0 aromatic heterocycles. The van der Waals surface area contributed by atoms with Crippen molar-refractivity contribution < 1.29 is 14.3 Å². The maximum atomic E-state index is 12.2. The summed E-state index contributed by atoms with van der Waals surface area (Å²) >= 11 is 9.40. The Morgan fingerprint density at radius 3 is 2.42 bits per heavy atom. The number of ether oxygens (including phenoxy) is 2. The molecule has 4 nitrogen and oxygen atoms in total. The molecule has 2 aromatic carbocycles. The van der Waals surface area contributed by atoms with Crippen LogP contribution in [0.15, 0.2) is 53.0 Å². The number of hydrogen-bond acceptors (Lipinski definition) is 3. The maximum Gasteiger partial charge on any atom is 0.408 e. The third-order valence-electron chi connectivity index (χ3n) is 3.39. The highest BCUT2D eigenvalue weighted by atomic mass is 79.9. The van der Waals surface area contributed by atoms with Crippen LogP contribution in [0.1, 0.15) is 26.3 Å². The minimum atomic E-state index is -0.557. The summed E-state index contributed by atoms with van der Waals surface area (Å²) < 4.78 is 12.1. The number of alkyl carbamates (subject to hydrolysis) is 1. The molecule has 0 spiro atoms. The van der Waals surface area contributed by atoms with Gasteiger partial charge in [-0.25, -0.2) is 4.79 Å². The molecule has 0 heterocycles. The van der Waals surface area contributed by atoms with Gasteiger partial charge in [-0.3, -0.25) is 0 Å². The molecule has 6 heteroatoms. The van der Waals surface area contributed by atoms with Gasteiger partial charge in [-0.05, 0) is 73.0 Å². The van der Waals surface area contributed by atoms with Crippen molar-refractivity contribution >= 4 is 33.6 Å². The fraction of sp³-hybridized carbons (Fsp3) is 0.350. The van der Waals surface area contributed by atoms with Crippen LogP contribution < -0.4 is 10.1 Å². The van der Waals surface area contributed by atoms with E-state index in [1.807, 2.05) is 69.3 Å². The van der Waals surface area contributed by atoms with Crippen molar-refractivity contribution in [1.82, 2.24) is 5.32 Å². The Morgan fingerprint density at radius 2 is 1.81 bits per heavy atom. The Bertz CT molecular complexity index is 729. The first-order chi connectivity index (χ1) is 12.2. The zero-order chi connectivity index (χ0) is 19.2. The van der Waals surface area contributed by atoms with E-state index >= 15 is 0 Å². The SMILES string of the molecule is CC(C)(C)OC(=O)N[C@H](COc1ccccc1Br)Cc1ccc(Cl)cc1. The molecule has 26 heavy (non-hydrogen) atoms. The van der Waals surface area contributed by atoms with E-state index in [0.29, 0.717) is 18.1 Å². The first-order valence-electron chi connectivity index (χ1n) is 8.34. The monoisotopic (exact) mass is 439 g/mol. The standard InChI is InChI=1S/C20H23BrClNO3/c1-20(2,3)26-19(24)23-16(12-14-8-10-15(22)11-9-14)13-25-18-7-5-4-6-17(18)21/h4-11,16H,12-13H2,1-3H3,(H,23,24)/t16-/m0/s1. The topological polar surface area (TPSA) is 47.6 Å². The van der Waals surface area contributed by atoms with Gasteiger partial charge >= 0.3 is 6.09 Å². The number of halogens is 2. The van der Waals surface area contributed by atoms with Crippen molar-refractivity contribution in [3.63, 3.8) is 0 Å². The molecular weight excluding hydrogens is 418 g/mol. The molecule has 2 aromatic rings. The van der Waals surface area contributed by atoms with E-state index < -0.39 is 11.7 Å². The molecule has 0 bridgehead atoms. The Morgan fingerprint density at radius 1 is 1.15 bits per heavy atom. The van der Waals surface area contributed by atoms with Crippen molar-refractivity contribution in [2.45, 2.75) is 38.8 Å². The van der Waals surface area contributed by atoms with Crippen molar-refractivity contribution in [3.05, 3.63) is 63.6 Å². The third-order valence-corrected chi connectivity index (χ3v) is 4.30. The summed E-state index contributed by atoms with van der Waals surface area (Å²) in [5.41, 5.74) is 0.490. The summed E-state index contributed by atoms with van der Waals surface area (Å²) in [5.74, 6) is 0.722. The molecule has 140 valence electrons. The van der Waals surface area contributed by atoms with Crippen LogP contribution >= 0.6 is 27.5 Å². The van der Waals surface area contributed by atoms with Gasteiger partial charge in [0.1, 0.15) is 18.0 Å². The third kappa shape index (κ3) is 7.26. The van der Waals surface area contributed by atoms with E-state index in [0.717, 1.165) is 15.8 Å². The van der Waals surface area contributed by atoms with E-state index in [-0.39, 0.29) is 6.04 Å². The summed E-state index contributed by atoms with van der Waals surface area (Å²) in [5, 5.41) is 3.57. The summed E-state index contributed by atoms with van der Waals surface area (Å²) in [4.78, 5) is 12.2. The van der Waals surface area contributed by atoms with Gasteiger partial charge in [0.15, 0.2) is 0 Å². The molecule has 1 N–H and O–H groups in total. The fourth-order valence-electron chi connectivity index (χ4n) is 2.28. The summed E-state index contributed by atoms with van der Waals surface area (Å²) in [6, 6.07) is 14.9. The summed E-state index contributed by atoms with van der Waals surface area (Å²) in [6.07, 6.45) is 0.133. The molecule has 2 rings (SSSR count). The van der Waals surface area contributed by atoms with Gasteiger partial charge < -0.3 is 14.8 Å². The zero-order valence-electron chi connectivity index (χ0n) is 15.1. The van der Waals surface area contributed by atoms with Crippen LogP contribution in [0.25, 0.3) is 0 Å². The van der Waals surface area contributed by atoms with E-state index in [4.69, 9.17) is 21.1 Å². The van der Waals surface area contributed by atoms with Crippen molar-refractivity contribution in [2.24, 2.45) is 0 Å². The molecule has 1 atom stereocenters. The highest BCUT2D eigenvalue weighted by Gasteiger charge is 2.20. The molecule has 1 amide bonds. The molecule has 0 aliphatic heterocycles. The molecule has 0 unspecified atom stereocenters. The van der Waals surface area contributed by atoms with Crippen molar-refractivity contribution in [3.8, 4) is 5.75 Å². The van der Waals surface area contributed by atoms with Crippen LogP contribution in [0.4, 0.5) is 4.79 Å². The lowest BCUT2D eigenvalue weighted by molar-refractivity contribution is 0.0487. The minimum absolute atomic E-state index is 0.252. The lowest BCUT2D eigenvalue weighted by Crippen LogP contribution is -2.43. The van der Waals surface area contributed by atoms with Gasteiger partial charge in [-0.2, -0.15) is 0 Å². The predicted octanol–water partition coefficient (Wildman–Crippen LogP) is 5.62. The number of carbonyl (C=O) groups excluding carboxylic acids is 1. The average molecular weight is 441 g/mol. The minimum Gasteiger partial charge on any atom is -0.490 e. The lowest BCUT2D eigenvalue weighted by Gasteiger charge is -2.24. The number of nitrogens with one attached hydrogen (secondary N) is 1. The Kier molecular flexibility index (Phi) is 7.35. The highest BCUT2D eigenvalue weighted by molar-refractivity contribution is 9.10. The van der Waals surface area contributed by atoms with Gasteiger partial charge in [-0.1, -0.05) is 35.9 Å². The second kappa shape index (κ2) is 9.28. The molecule has 0 radical (unpaired) electrons. The number of para-hydroxylation sites is 1. The molecule has 0 saturated carbocycles. The lowest BCUT2D eigenvalue weighted by atomic mass is 10.1. The molecular formula is C20H23BrClNO3. The fourth-order valence-corrected chi connectivity index (χ4v) is 2.81. The number of hydrogen-bond donors (Lipinski definition) is 1. The van der Waals surface area contributed by atoms with Crippen LogP contribution in [0, 0.1) is 0 Å². The van der Waals surface area contributed by atoms with Crippen LogP contribution in [0.3, 0.4) is 0 Å². The van der Waals surface area contributed by atoms with Crippen LogP contribution in [0.2, 0.25) is 5.02 Å². The van der Waals surface area contributed by atoms with Crippen molar-refractivity contribution in [2.75, 3.05) is 6.61 Å². The Labute approximate surface area is 168 Å². The van der Waals surface area contributed by atoms with Gasteiger partial charge in [0, 0.05) is 5.02 Å². The smallest absolute Gasteiger partial charge is 0.408 e. The predicted molar refractivity (Wildman–Crippen MR) is 108 cm³/mol. The summed E-state index contributed by atoms with van der Waals surface area (Å²) in [6.45, 7) is 5.81. The van der Waals surface area contributed by atoms with Gasteiger partial charge in [0.25, 0.3) is 0 Å². The number of amides is 1. The second-order valence-corrected chi connectivity index (χ2v) is 8.21. The van der Waals surface area contributed by atoms with Crippen LogP contribution in [-0.2, 0) is 11.2 Å². The molecule has 0 aliphatic carbocycles. The first-order valence-corrected chi connectivity index (χ1v) is 9.51. The Hall–Kier alpha value is -1.72. The summed E-state index contributed by atoms with van der Waals surface area (Å²) in [7, 11) is 0. The van der Waals surface area contributed by atoms with Crippen molar-refractivity contribution in [1.29, 1.82) is 0 Å². The van der Waals surface area contributed by atoms with Gasteiger partial charge in [0.05, 0.1) is 10.5 Å². The van der Waals surface area contributed by atoms with Crippen LogP contribution in [0.5, 0.6) is 5.75 Å². The highest BCUT2D eigenvalue weighted by Crippen LogP contribution is 2.24. The first kappa shape index (κ1) is 20.6. The number of benzene rings is 2. The molecule has 0 saturated heterocycles. The molecule has 0 fully saturated rings. The van der Waals surface area contributed by atoms with E-state index in [2.05, 4.69) is 21.2 Å². The van der Waals surface area contributed by atoms with Gasteiger partial charge in [-0.15, -0.1) is 0 Å². The van der Waals surface area contributed by atoms with Crippen LogP contribution in [-0.4, -0.2) is 24.3 Å². The normalized spacial score (nSPS) is 12.3. The number of carbonyl (C=O) groups is 1. The van der Waals surface area contributed by atoms with E-state index in [1.165, 1.54) is 0 Å².